The number of carbonyl (C=O) groups is 2. The predicted octanol–water partition coefficient (Wildman–Crippen LogP) is 7.60. The Morgan fingerprint density at radius 1 is 0.833 bits per heavy atom. The Bertz CT molecular complexity index is 1210. The Balaban J connectivity index is 1.59. The first-order valence-electron chi connectivity index (χ1n) is 19.0. The van der Waals surface area contributed by atoms with Gasteiger partial charge in [-0.25, -0.2) is 4.98 Å². The van der Waals surface area contributed by atoms with E-state index in [9.17, 15) is 14.4 Å². The lowest BCUT2D eigenvalue weighted by Crippen LogP contribution is -2.37. The minimum Gasteiger partial charge on any atom is -0.465 e. The summed E-state index contributed by atoms with van der Waals surface area (Å²) in [5.41, 5.74) is 11.8. The summed E-state index contributed by atoms with van der Waals surface area (Å²) < 4.78 is 12.7. The van der Waals surface area contributed by atoms with Crippen LogP contribution >= 0.6 is 0 Å². The lowest BCUT2D eigenvalue weighted by atomic mass is 10.0. The Morgan fingerprint density at radius 2 is 1.35 bits per heavy atom. The largest absolute Gasteiger partial charge is 0.465 e. The van der Waals surface area contributed by atoms with E-state index in [-0.39, 0.29) is 42.5 Å². The number of nitrogens with zero attached hydrogens (tertiary/aromatic N) is 3. The summed E-state index contributed by atoms with van der Waals surface area (Å²) >= 11 is 0. The first-order valence-corrected chi connectivity index (χ1v) is 19.0. The molecule has 11 nitrogen and oxygen atoms in total. The molecule has 11 heteroatoms. The van der Waals surface area contributed by atoms with Gasteiger partial charge in [0.2, 0.25) is 5.95 Å². The smallest absolute Gasteiger partial charge is 0.323 e. The van der Waals surface area contributed by atoms with Gasteiger partial charge in [0.25, 0.3) is 5.56 Å². The number of unbranched alkanes of at least 4 members (excludes halogenated alkanes) is 18. The van der Waals surface area contributed by atoms with E-state index in [0.29, 0.717) is 25.0 Å². The molecule has 0 aliphatic carbocycles. The van der Waals surface area contributed by atoms with Crippen molar-refractivity contribution in [2.24, 2.45) is 17.6 Å². The summed E-state index contributed by atoms with van der Waals surface area (Å²) in [5, 5.41) is 0. The van der Waals surface area contributed by atoms with Crippen LogP contribution in [0.15, 0.2) is 11.1 Å². The molecule has 2 atom stereocenters. The van der Waals surface area contributed by atoms with Crippen LogP contribution in [0.1, 0.15) is 156 Å². The van der Waals surface area contributed by atoms with E-state index >= 15 is 0 Å². The van der Waals surface area contributed by atoms with Crippen LogP contribution in [0.25, 0.3) is 11.2 Å². The second-order valence-electron chi connectivity index (χ2n) is 13.9. The molecule has 2 rings (SSSR count). The monoisotopic (exact) mass is 675 g/mol. The van der Waals surface area contributed by atoms with Gasteiger partial charge in [0, 0.05) is 18.9 Å². The van der Waals surface area contributed by atoms with Crippen molar-refractivity contribution in [2.75, 3.05) is 18.9 Å². The van der Waals surface area contributed by atoms with Gasteiger partial charge in [0.15, 0.2) is 11.2 Å². The Kier molecular flexibility index (Phi) is 21.5. The number of fused-ring (bicyclic) bond motifs is 1. The van der Waals surface area contributed by atoms with Crippen molar-refractivity contribution >= 4 is 29.1 Å². The molecule has 2 aromatic heterocycles. The molecule has 2 heterocycles. The van der Waals surface area contributed by atoms with Crippen molar-refractivity contribution in [1.82, 2.24) is 19.5 Å². The minimum absolute atomic E-state index is 0.00609. The molecule has 0 aliphatic rings. The third-order valence-electron chi connectivity index (χ3n) is 9.17. The molecule has 0 bridgehead atoms. The lowest BCUT2D eigenvalue weighted by Gasteiger charge is -2.19. The number of imidazole rings is 1. The summed E-state index contributed by atoms with van der Waals surface area (Å²) in [6, 6.07) is -0.697. The second kappa shape index (κ2) is 25.1. The molecule has 48 heavy (non-hydrogen) atoms. The standard InChI is InChI=1S/C37H66N6O5/c1-4-5-6-7-8-9-10-11-12-13-14-15-16-17-18-19-20-21-22-23-31(44)48-27-30(24-25-47-36(46)32(38)29(2)3)26-43-28-40-33-34(43)41-37(39)42-35(33)45/h28-30,32H,4-27,38H2,1-3H3,(H3,39,41,42,45)/t30-,32+/m1/s1. The number of aromatic nitrogens is 4. The molecule has 0 saturated carbocycles. The maximum atomic E-state index is 12.6. The molecule has 0 aromatic carbocycles. The van der Waals surface area contributed by atoms with Gasteiger partial charge in [-0.2, -0.15) is 4.98 Å². The molecule has 0 amide bonds. The van der Waals surface area contributed by atoms with Gasteiger partial charge in [0.05, 0.1) is 19.5 Å². The molecule has 0 fully saturated rings. The Hall–Kier alpha value is -2.95. The van der Waals surface area contributed by atoms with Crippen molar-refractivity contribution in [1.29, 1.82) is 0 Å². The summed E-state index contributed by atoms with van der Waals surface area (Å²) in [5.74, 6) is -0.945. The maximum absolute atomic E-state index is 12.6. The zero-order valence-electron chi connectivity index (χ0n) is 30.3. The van der Waals surface area contributed by atoms with E-state index in [1.807, 2.05) is 13.8 Å². The number of hydrogen-bond acceptors (Lipinski definition) is 9. The summed E-state index contributed by atoms with van der Waals surface area (Å²) in [7, 11) is 0. The zero-order chi connectivity index (χ0) is 35.0. The molecular formula is C37H66N6O5. The number of rotatable bonds is 29. The van der Waals surface area contributed by atoms with E-state index in [1.54, 1.807) is 4.57 Å². The highest BCUT2D eigenvalue weighted by Gasteiger charge is 2.21. The van der Waals surface area contributed by atoms with Crippen molar-refractivity contribution < 1.29 is 19.1 Å². The van der Waals surface area contributed by atoms with Crippen molar-refractivity contribution in [2.45, 2.75) is 168 Å². The van der Waals surface area contributed by atoms with Gasteiger partial charge in [-0.3, -0.25) is 19.4 Å². The number of ether oxygens (including phenoxy) is 2. The fourth-order valence-electron chi connectivity index (χ4n) is 5.94. The van der Waals surface area contributed by atoms with Crippen LogP contribution < -0.4 is 17.0 Å². The molecular weight excluding hydrogens is 608 g/mol. The highest BCUT2D eigenvalue weighted by molar-refractivity contribution is 5.75. The van der Waals surface area contributed by atoms with Crippen molar-refractivity contribution in [3.63, 3.8) is 0 Å². The number of hydrogen-bond donors (Lipinski definition) is 3. The van der Waals surface area contributed by atoms with E-state index in [2.05, 4.69) is 21.9 Å². The number of nitrogens with two attached hydrogens (primary N) is 2. The summed E-state index contributed by atoms with van der Waals surface area (Å²) in [6.07, 6.45) is 27.2. The Morgan fingerprint density at radius 3 is 1.88 bits per heavy atom. The highest BCUT2D eigenvalue weighted by Crippen LogP contribution is 2.17. The second-order valence-corrected chi connectivity index (χ2v) is 13.9. The van der Waals surface area contributed by atoms with Gasteiger partial charge < -0.3 is 25.5 Å². The molecule has 0 radical (unpaired) electrons. The normalized spacial score (nSPS) is 12.9. The SMILES string of the molecule is CCCCCCCCCCCCCCCCCCCCCC(=O)OC[C@H](CCOC(=O)[C@@H](N)C(C)C)Cn1cnc2c(=O)[nH]c(N)nc21. The number of aromatic amines is 1. The predicted molar refractivity (Wildman–Crippen MR) is 193 cm³/mol. The lowest BCUT2D eigenvalue weighted by molar-refractivity contribution is -0.149. The van der Waals surface area contributed by atoms with Crippen LogP contribution in [0.5, 0.6) is 0 Å². The third-order valence-corrected chi connectivity index (χ3v) is 9.17. The number of esters is 2. The number of carbonyl (C=O) groups excluding carboxylic acids is 2. The van der Waals surface area contributed by atoms with Gasteiger partial charge in [-0.15, -0.1) is 0 Å². The topological polar surface area (TPSA) is 168 Å². The molecule has 0 unspecified atom stereocenters. The summed E-state index contributed by atoms with van der Waals surface area (Å²) in [6.45, 7) is 6.62. The van der Waals surface area contributed by atoms with Crippen molar-refractivity contribution in [3.05, 3.63) is 16.7 Å². The summed E-state index contributed by atoms with van der Waals surface area (Å²) in [4.78, 5) is 47.8. The molecule has 274 valence electrons. The maximum Gasteiger partial charge on any atom is 0.323 e. The van der Waals surface area contributed by atoms with Crippen LogP contribution in [0, 0.1) is 11.8 Å². The number of anilines is 1. The van der Waals surface area contributed by atoms with Crippen LogP contribution in [0.3, 0.4) is 0 Å². The quantitative estimate of drug-likeness (QED) is 0.0581. The molecule has 0 saturated heterocycles. The van der Waals surface area contributed by atoms with Gasteiger partial charge in [-0.05, 0) is 18.8 Å². The van der Waals surface area contributed by atoms with Crippen LogP contribution in [0.2, 0.25) is 0 Å². The number of nitrogen functional groups attached to an aromatic ring is 1. The minimum atomic E-state index is -0.697. The van der Waals surface area contributed by atoms with Crippen LogP contribution in [0.4, 0.5) is 5.95 Å². The zero-order valence-corrected chi connectivity index (χ0v) is 30.3. The van der Waals surface area contributed by atoms with Gasteiger partial charge >= 0.3 is 11.9 Å². The molecule has 0 spiro atoms. The molecule has 0 aliphatic heterocycles. The van der Waals surface area contributed by atoms with E-state index in [4.69, 9.17) is 20.9 Å². The highest BCUT2D eigenvalue weighted by atomic mass is 16.5. The fraction of sp³-hybridized carbons (Fsp3) is 0.811. The average Bonchev–Trinajstić information content (AvgIpc) is 3.46. The van der Waals surface area contributed by atoms with E-state index in [1.165, 1.54) is 109 Å². The average molecular weight is 675 g/mol. The van der Waals surface area contributed by atoms with Gasteiger partial charge in [0.1, 0.15) is 6.04 Å². The van der Waals surface area contributed by atoms with Crippen LogP contribution in [-0.2, 0) is 25.6 Å². The van der Waals surface area contributed by atoms with E-state index < -0.39 is 17.6 Å². The first kappa shape index (κ1) is 41.2. The number of nitrogens with one attached hydrogen (secondary N) is 1. The van der Waals surface area contributed by atoms with Gasteiger partial charge in [-0.1, -0.05) is 136 Å². The molecule has 5 N–H and O–H groups in total. The Labute approximate surface area is 288 Å². The molecule has 2 aromatic rings. The van der Waals surface area contributed by atoms with Crippen molar-refractivity contribution in [3.8, 4) is 0 Å². The number of H-pyrrole nitrogens is 1. The first-order chi connectivity index (χ1) is 23.2. The fourth-order valence-corrected chi connectivity index (χ4v) is 5.94. The van der Waals surface area contributed by atoms with Crippen LogP contribution in [-0.4, -0.2) is 50.7 Å². The van der Waals surface area contributed by atoms with E-state index in [0.717, 1.165) is 19.3 Å². The third kappa shape index (κ3) is 17.4.